The van der Waals surface area contributed by atoms with Gasteiger partial charge in [0.1, 0.15) is 0 Å². The number of benzene rings is 1. The van der Waals surface area contributed by atoms with Crippen LogP contribution in [-0.4, -0.2) is 16.1 Å². The van der Waals surface area contributed by atoms with Crippen LogP contribution in [0.5, 0.6) is 0 Å². The van der Waals surface area contributed by atoms with E-state index in [1.807, 2.05) is 0 Å². The van der Waals surface area contributed by atoms with E-state index >= 15 is 0 Å². The van der Waals surface area contributed by atoms with E-state index in [1.54, 1.807) is 11.3 Å². The quantitative estimate of drug-likeness (QED) is 0.755. The fourth-order valence-electron chi connectivity index (χ4n) is 2.47. The lowest BCUT2D eigenvalue weighted by Gasteiger charge is -2.25. The second-order valence-electron chi connectivity index (χ2n) is 6.15. The molecule has 0 unspecified atom stereocenters. The number of nitrogens with zero attached hydrogens (tertiary/aromatic N) is 1. The third-order valence-corrected chi connectivity index (χ3v) is 5.18. The van der Waals surface area contributed by atoms with Gasteiger partial charge in [0.2, 0.25) is 0 Å². The van der Waals surface area contributed by atoms with E-state index in [9.17, 15) is 0 Å². The van der Waals surface area contributed by atoms with Crippen LogP contribution in [0.4, 0.5) is 5.69 Å². The molecule has 1 N–H and O–H groups in total. The Bertz CT molecular complexity index is 613. The average Bonchev–Trinajstić information content (AvgIpc) is 3.21. The summed E-state index contributed by atoms with van der Waals surface area (Å²) in [7, 11) is 0. The Hall–Kier alpha value is -1.39. The fraction of sp³-hybridized carbons (Fsp3) is 0.389. The van der Waals surface area contributed by atoms with Crippen molar-refractivity contribution in [2.24, 2.45) is 0 Å². The smallest absolute Gasteiger partial charge is 0.174 e. The molecule has 1 fully saturated rings. The first-order valence-electron chi connectivity index (χ1n) is 7.83. The molecule has 22 heavy (non-hydrogen) atoms. The second-order valence-corrected chi connectivity index (χ2v) is 7.56. The van der Waals surface area contributed by atoms with Crippen LogP contribution in [0.15, 0.2) is 41.8 Å². The van der Waals surface area contributed by atoms with Gasteiger partial charge in [0, 0.05) is 16.6 Å². The minimum Gasteiger partial charge on any atom is -0.341 e. The molecule has 0 atom stereocenters. The van der Waals surface area contributed by atoms with Crippen LogP contribution in [0.1, 0.15) is 43.0 Å². The standard InChI is InChI=1S/C18H22N2S2/c1-13(2)14-5-7-15(8-6-14)19-18(21)20(16-9-10-16)12-17-4-3-11-22-17/h3-8,11,13,16H,9-10,12H2,1-2H3,(H,19,21). The fourth-order valence-corrected chi connectivity index (χ4v) is 3.50. The molecule has 1 aliphatic carbocycles. The highest BCUT2D eigenvalue weighted by atomic mass is 32.1. The van der Waals surface area contributed by atoms with E-state index in [2.05, 4.69) is 65.8 Å². The number of hydrogen-bond donors (Lipinski definition) is 1. The molecule has 0 aliphatic heterocycles. The van der Waals surface area contributed by atoms with E-state index in [4.69, 9.17) is 12.2 Å². The van der Waals surface area contributed by atoms with E-state index < -0.39 is 0 Å². The van der Waals surface area contributed by atoms with E-state index in [0.29, 0.717) is 12.0 Å². The van der Waals surface area contributed by atoms with Crippen LogP contribution in [0.2, 0.25) is 0 Å². The van der Waals surface area contributed by atoms with Crippen LogP contribution in [0.25, 0.3) is 0 Å². The molecule has 1 aromatic carbocycles. The summed E-state index contributed by atoms with van der Waals surface area (Å²) < 4.78 is 0. The van der Waals surface area contributed by atoms with Crippen LogP contribution in [-0.2, 0) is 6.54 Å². The minimum absolute atomic E-state index is 0.558. The van der Waals surface area contributed by atoms with Gasteiger partial charge in [-0.1, -0.05) is 32.0 Å². The van der Waals surface area contributed by atoms with Crippen LogP contribution in [0, 0.1) is 0 Å². The average molecular weight is 331 g/mol. The Morgan fingerprint density at radius 1 is 1.27 bits per heavy atom. The summed E-state index contributed by atoms with van der Waals surface area (Å²) in [5.41, 5.74) is 2.43. The first-order valence-corrected chi connectivity index (χ1v) is 9.12. The lowest BCUT2D eigenvalue weighted by Crippen LogP contribution is -2.35. The second kappa shape index (κ2) is 6.80. The third kappa shape index (κ3) is 3.87. The highest BCUT2D eigenvalue weighted by molar-refractivity contribution is 7.80. The number of nitrogens with one attached hydrogen (secondary N) is 1. The van der Waals surface area contributed by atoms with Gasteiger partial charge >= 0.3 is 0 Å². The van der Waals surface area contributed by atoms with Gasteiger partial charge in [-0.3, -0.25) is 0 Å². The van der Waals surface area contributed by atoms with Gasteiger partial charge in [-0.15, -0.1) is 11.3 Å². The van der Waals surface area contributed by atoms with Gasteiger partial charge in [0.05, 0.1) is 6.54 Å². The van der Waals surface area contributed by atoms with Crippen LogP contribution in [0.3, 0.4) is 0 Å². The van der Waals surface area contributed by atoms with Gasteiger partial charge in [-0.2, -0.15) is 0 Å². The highest BCUT2D eigenvalue weighted by Crippen LogP contribution is 2.30. The number of hydrogen-bond acceptors (Lipinski definition) is 2. The largest absolute Gasteiger partial charge is 0.341 e. The Morgan fingerprint density at radius 3 is 2.55 bits per heavy atom. The zero-order chi connectivity index (χ0) is 15.5. The predicted octanol–water partition coefficient (Wildman–Crippen LogP) is 5.23. The maximum Gasteiger partial charge on any atom is 0.174 e. The molecule has 0 spiro atoms. The third-order valence-electron chi connectivity index (χ3n) is 3.98. The maximum absolute atomic E-state index is 5.65. The molecule has 0 amide bonds. The van der Waals surface area contributed by atoms with Crippen LogP contribution >= 0.6 is 23.6 Å². The summed E-state index contributed by atoms with van der Waals surface area (Å²) in [5.74, 6) is 0.558. The summed E-state index contributed by atoms with van der Waals surface area (Å²) in [4.78, 5) is 3.70. The molecule has 4 heteroatoms. The summed E-state index contributed by atoms with van der Waals surface area (Å²) >= 11 is 7.45. The maximum atomic E-state index is 5.65. The Balaban J connectivity index is 1.66. The Kier molecular flexibility index (Phi) is 4.79. The van der Waals surface area contributed by atoms with Crippen molar-refractivity contribution in [2.75, 3.05) is 5.32 Å². The van der Waals surface area contributed by atoms with Crippen molar-refractivity contribution < 1.29 is 0 Å². The molecule has 3 rings (SSSR count). The normalized spacial score (nSPS) is 14.1. The lowest BCUT2D eigenvalue weighted by molar-refractivity contribution is 0.413. The van der Waals surface area contributed by atoms with Crippen molar-refractivity contribution in [3.05, 3.63) is 52.2 Å². The summed E-state index contributed by atoms with van der Waals surface area (Å²) in [6, 6.07) is 13.5. The highest BCUT2D eigenvalue weighted by Gasteiger charge is 2.31. The van der Waals surface area contributed by atoms with Crippen LogP contribution < -0.4 is 5.32 Å². The molecule has 0 radical (unpaired) electrons. The van der Waals surface area contributed by atoms with Crippen molar-refractivity contribution in [1.82, 2.24) is 4.90 Å². The lowest BCUT2D eigenvalue weighted by atomic mass is 10.0. The molecule has 116 valence electrons. The number of thiophene rings is 1. The van der Waals surface area contributed by atoms with Crippen molar-refractivity contribution in [3.63, 3.8) is 0 Å². The zero-order valence-corrected chi connectivity index (χ0v) is 14.7. The molecule has 2 nitrogen and oxygen atoms in total. The first-order chi connectivity index (χ1) is 10.6. The number of anilines is 1. The topological polar surface area (TPSA) is 15.3 Å². The van der Waals surface area contributed by atoms with Crippen molar-refractivity contribution in [3.8, 4) is 0 Å². The first kappa shape index (κ1) is 15.5. The minimum atomic E-state index is 0.558. The van der Waals surface area contributed by atoms with Gasteiger partial charge < -0.3 is 10.2 Å². The molecule has 1 heterocycles. The molecular weight excluding hydrogens is 308 g/mol. The van der Waals surface area contributed by atoms with E-state index in [0.717, 1.165) is 17.3 Å². The predicted molar refractivity (Wildman–Crippen MR) is 99.6 cm³/mol. The molecule has 1 aliphatic rings. The van der Waals surface area contributed by atoms with Crippen molar-refractivity contribution in [2.45, 2.75) is 45.2 Å². The monoisotopic (exact) mass is 330 g/mol. The van der Waals surface area contributed by atoms with Gasteiger partial charge in [-0.25, -0.2) is 0 Å². The molecule has 0 saturated heterocycles. The van der Waals surface area contributed by atoms with Crippen molar-refractivity contribution >= 4 is 34.4 Å². The van der Waals surface area contributed by atoms with Gasteiger partial charge in [0.15, 0.2) is 5.11 Å². The van der Waals surface area contributed by atoms with Gasteiger partial charge in [-0.05, 0) is 60.1 Å². The Morgan fingerprint density at radius 2 is 2.00 bits per heavy atom. The van der Waals surface area contributed by atoms with Crippen molar-refractivity contribution in [1.29, 1.82) is 0 Å². The molecule has 2 aromatic rings. The molecule has 1 saturated carbocycles. The Labute approximate surface area is 142 Å². The number of rotatable bonds is 5. The summed E-state index contributed by atoms with van der Waals surface area (Å²) in [6.07, 6.45) is 2.50. The van der Waals surface area contributed by atoms with E-state index in [1.165, 1.54) is 23.3 Å². The molecular formula is C18H22N2S2. The summed E-state index contributed by atoms with van der Waals surface area (Å²) in [6.45, 7) is 5.34. The molecule has 0 bridgehead atoms. The molecule has 1 aromatic heterocycles. The van der Waals surface area contributed by atoms with Gasteiger partial charge in [0.25, 0.3) is 0 Å². The number of thiocarbonyl (C=S) groups is 1. The summed E-state index contributed by atoms with van der Waals surface area (Å²) in [5, 5.41) is 6.37. The SMILES string of the molecule is CC(C)c1ccc(NC(=S)N(Cc2cccs2)C2CC2)cc1. The van der Waals surface area contributed by atoms with E-state index in [-0.39, 0.29) is 0 Å². The zero-order valence-electron chi connectivity index (χ0n) is 13.1.